The van der Waals surface area contributed by atoms with E-state index in [1.165, 1.54) is 0 Å². The van der Waals surface area contributed by atoms with E-state index in [0.29, 0.717) is 10.0 Å². The molecule has 0 aliphatic rings. The van der Waals surface area contributed by atoms with E-state index in [4.69, 9.17) is 28.9 Å². The molecule has 1 aromatic carbocycles. The zero-order valence-electron chi connectivity index (χ0n) is 7.35. The molecule has 0 saturated carbocycles. The maximum absolute atomic E-state index is 5.86. The van der Waals surface area contributed by atoms with Gasteiger partial charge in [0.1, 0.15) is 0 Å². The largest absolute Gasteiger partial charge is 0.321 e. The molecule has 0 heterocycles. The first kappa shape index (κ1) is 10.6. The maximum Gasteiger partial charge on any atom is 0.0595 e. The van der Waals surface area contributed by atoms with Gasteiger partial charge in [-0.3, -0.25) is 0 Å². The molecule has 13 heavy (non-hydrogen) atoms. The number of hydrogen-bond donors (Lipinski definition) is 1. The third-order valence-electron chi connectivity index (χ3n) is 1.83. The van der Waals surface area contributed by atoms with Crippen LogP contribution >= 0.6 is 23.2 Å². The summed E-state index contributed by atoms with van der Waals surface area (Å²) in [6.07, 6.45) is 0. The molecule has 1 unspecified atom stereocenters. The second-order valence-electron chi connectivity index (χ2n) is 3.00. The highest BCUT2D eigenvalue weighted by Gasteiger charge is 2.07. The molecular weight excluding hydrogens is 205 g/mol. The molecule has 0 saturated heterocycles. The monoisotopic (exact) mass is 215 g/mol. The summed E-state index contributed by atoms with van der Waals surface area (Å²) >= 11 is 11.6. The molecule has 1 aromatic rings. The highest BCUT2D eigenvalue weighted by Crippen LogP contribution is 2.26. The zero-order valence-corrected chi connectivity index (χ0v) is 8.86. The summed E-state index contributed by atoms with van der Waals surface area (Å²) < 4.78 is 0. The van der Waals surface area contributed by atoms with Crippen molar-refractivity contribution in [3.05, 3.63) is 46.0 Å². The van der Waals surface area contributed by atoms with Crippen molar-refractivity contribution in [1.29, 1.82) is 0 Å². The van der Waals surface area contributed by atoms with Gasteiger partial charge in [-0.25, -0.2) is 0 Å². The smallest absolute Gasteiger partial charge is 0.0595 e. The Kier molecular flexibility index (Phi) is 3.37. The van der Waals surface area contributed by atoms with Crippen LogP contribution in [0.25, 0.3) is 0 Å². The van der Waals surface area contributed by atoms with Gasteiger partial charge in [-0.15, -0.1) is 0 Å². The van der Waals surface area contributed by atoms with E-state index >= 15 is 0 Å². The summed E-state index contributed by atoms with van der Waals surface area (Å²) in [7, 11) is 0. The fraction of sp³-hybridized carbons (Fsp3) is 0.200. The normalized spacial score (nSPS) is 12.6. The zero-order chi connectivity index (χ0) is 10.0. The molecule has 1 nitrogen and oxygen atoms in total. The summed E-state index contributed by atoms with van der Waals surface area (Å²) in [5, 5.41) is 1.06. The van der Waals surface area contributed by atoms with Gasteiger partial charge in [-0.1, -0.05) is 41.4 Å². The van der Waals surface area contributed by atoms with Gasteiger partial charge in [-0.2, -0.15) is 0 Å². The molecule has 0 aliphatic heterocycles. The van der Waals surface area contributed by atoms with Crippen LogP contribution < -0.4 is 5.73 Å². The fourth-order valence-electron chi connectivity index (χ4n) is 0.990. The van der Waals surface area contributed by atoms with Gasteiger partial charge in [0, 0.05) is 0 Å². The van der Waals surface area contributed by atoms with Gasteiger partial charge < -0.3 is 5.73 Å². The van der Waals surface area contributed by atoms with Crippen molar-refractivity contribution in [2.45, 2.75) is 13.0 Å². The average Bonchev–Trinajstić information content (AvgIpc) is 2.08. The lowest BCUT2D eigenvalue weighted by molar-refractivity contribution is 0.851. The van der Waals surface area contributed by atoms with E-state index in [9.17, 15) is 0 Å². The topological polar surface area (TPSA) is 26.0 Å². The molecule has 0 aliphatic carbocycles. The van der Waals surface area contributed by atoms with Crippen molar-refractivity contribution >= 4 is 23.2 Å². The Labute approximate surface area is 88.1 Å². The predicted molar refractivity (Wildman–Crippen MR) is 58.2 cm³/mol. The number of benzene rings is 1. The van der Waals surface area contributed by atoms with Gasteiger partial charge in [-0.05, 0) is 24.6 Å². The van der Waals surface area contributed by atoms with Crippen molar-refractivity contribution in [1.82, 2.24) is 0 Å². The van der Waals surface area contributed by atoms with Crippen molar-refractivity contribution in [3.63, 3.8) is 0 Å². The van der Waals surface area contributed by atoms with Crippen LogP contribution in [0.3, 0.4) is 0 Å². The minimum atomic E-state index is -0.172. The maximum atomic E-state index is 5.86. The van der Waals surface area contributed by atoms with Gasteiger partial charge in [0.2, 0.25) is 0 Å². The molecule has 2 N–H and O–H groups in total. The molecule has 0 amide bonds. The van der Waals surface area contributed by atoms with Crippen LogP contribution in [0.4, 0.5) is 0 Å². The Hall–Kier alpha value is -0.500. The minimum Gasteiger partial charge on any atom is -0.321 e. The highest BCUT2D eigenvalue weighted by atomic mass is 35.5. The minimum absolute atomic E-state index is 0.172. The summed E-state index contributed by atoms with van der Waals surface area (Å²) in [6, 6.07) is 5.19. The summed E-state index contributed by atoms with van der Waals surface area (Å²) in [6.45, 7) is 5.66. The SMILES string of the molecule is C=C(C)C(N)c1ccc(Cl)c(Cl)c1. The van der Waals surface area contributed by atoms with Gasteiger partial charge >= 0.3 is 0 Å². The van der Waals surface area contributed by atoms with Crippen LogP contribution in [-0.4, -0.2) is 0 Å². The molecule has 0 radical (unpaired) electrons. The molecule has 0 fully saturated rings. The van der Waals surface area contributed by atoms with Crippen molar-refractivity contribution in [3.8, 4) is 0 Å². The van der Waals surface area contributed by atoms with Crippen LogP contribution in [0.15, 0.2) is 30.4 Å². The third-order valence-corrected chi connectivity index (χ3v) is 2.57. The standard InChI is InChI=1S/C10H11Cl2N/c1-6(2)10(13)7-3-4-8(11)9(12)5-7/h3-5,10H,1,13H2,2H3. The molecule has 0 aromatic heterocycles. The van der Waals surface area contributed by atoms with Crippen LogP contribution in [-0.2, 0) is 0 Å². The molecule has 1 atom stereocenters. The lowest BCUT2D eigenvalue weighted by Gasteiger charge is -2.12. The Morgan fingerprint density at radius 3 is 2.46 bits per heavy atom. The number of hydrogen-bond acceptors (Lipinski definition) is 1. The quantitative estimate of drug-likeness (QED) is 0.751. The summed E-state index contributed by atoms with van der Waals surface area (Å²) in [5.41, 5.74) is 7.69. The summed E-state index contributed by atoms with van der Waals surface area (Å²) in [5.74, 6) is 0. The molecule has 0 bridgehead atoms. The fourth-order valence-corrected chi connectivity index (χ4v) is 1.30. The Morgan fingerprint density at radius 1 is 1.38 bits per heavy atom. The van der Waals surface area contributed by atoms with E-state index in [1.807, 2.05) is 13.0 Å². The number of rotatable bonds is 2. The van der Waals surface area contributed by atoms with Crippen LogP contribution in [0.2, 0.25) is 10.0 Å². The second-order valence-corrected chi connectivity index (χ2v) is 3.81. The first-order chi connectivity index (χ1) is 6.02. The lowest BCUT2D eigenvalue weighted by Crippen LogP contribution is -2.10. The highest BCUT2D eigenvalue weighted by molar-refractivity contribution is 6.42. The third kappa shape index (κ3) is 2.47. The Bertz CT molecular complexity index is 334. The lowest BCUT2D eigenvalue weighted by atomic mass is 10.0. The van der Waals surface area contributed by atoms with Gasteiger partial charge in [0.05, 0.1) is 16.1 Å². The average molecular weight is 216 g/mol. The Morgan fingerprint density at radius 2 is 2.00 bits per heavy atom. The molecule has 1 rings (SSSR count). The van der Waals surface area contributed by atoms with Crippen LogP contribution in [0, 0.1) is 0 Å². The van der Waals surface area contributed by atoms with E-state index in [0.717, 1.165) is 11.1 Å². The van der Waals surface area contributed by atoms with E-state index in [1.54, 1.807) is 12.1 Å². The van der Waals surface area contributed by atoms with E-state index < -0.39 is 0 Å². The van der Waals surface area contributed by atoms with E-state index in [2.05, 4.69) is 6.58 Å². The molecule has 0 spiro atoms. The first-order valence-electron chi connectivity index (χ1n) is 3.88. The first-order valence-corrected chi connectivity index (χ1v) is 4.64. The van der Waals surface area contributed by atoms with Crippen molar-refractivity contribution < 1.29 is 0 Å². The molecule has 70 valence electrons. The number of halogens is 2. The van der Waals surface area contributed by atoms with Gasteiger partial charge in [0.25, 0.3) is 0 Å². The second kappa shape index (κ2) is 4.14. The summed E-state index contributed by atoms with van der Waals surface area (Å²) in [4.78, 5) is 0. The van der Waals surface area contributed by atoms with Crippen LogP contribution in [0.1, 0.15) is 18.5 Å². The molecule has 3 heteroatoms. The van der Waals surface area contributed by atoms with Crippen LogP contribution in [0.5, 0.6) is 0 Å². The van der Waals surface area contributed by atoms with Crippen molar-refractivity contribution in [2.75, 3.05) is 0 Å². The predicted octanol–water partition coefficient (Wildman–Crippen LogP) is 3.57. The number of nitrogens with two attached hydrogens (primary N) is 1. The van der Waals surface area contributed by atoms with Crippen molar-refractivity contribution in [2.24, 2.45) is 5.73 Å². The molecular formula is C10H11Cl2N. The van der Waals surface area contributed by atoms with E-state index in [-0.39, 0.29) is 6.04 Å². The van der Waals surface area contributed by atoms with Gasteiger partial charge in [0.15, 0.2) is 0 Å². The Balaban J connectivity index is 3.03.